The zero-order chi connectivity index (χ0) is 28.1. The van der Waals surface area contributed by atoms with Crippen molar-refractivity contribution >= 4 is 12.2 Å². The number of nitrogens with one attached hydrogen (secondary N) is 1. The minimum atomic E-state index is -0.565. The zero-order valence-electron chi connectivity index (χ0n) is 22.4. The monoisotopic (exact) mass is 522 g/mol. The fourth-order valence-corrected chi connectivity index (χ4v) is 3.46. The van der Waals surface area contributed by atoms with Crippen LogP contribution in [0.3, 0.4) is 0 Å². The maximum Gasteiger partial charge on any atom is 0.264 e. The van der Waals surface area contributed by atoms with Crippen LogP contribution in [0.25, 0.3) is 11.1 Å². The smallest absolute Gasteiger partial charge is 0.264 e. The zero-order valence-corrected chi connectivity index (χ0v) is 22.4. The second-order valence-electron chi connectivity index (χ2n) is 7.76. The second kappa shape index (κ2) is 15.0. The molecule has 1 heterocycles. The van der Waals surface area contributed by atoms with E-state index in [4.69, 9.17) is 18.9 Å². The third-order valence-corrected chi connectivity index (χ3v) is 5.38. The van der Waals surface area contributed by atoms with Crippen molar-refractivity contribution in [2.75, 3.05) is 27.9 Å². The Hall–Kier alpha value is -4.37. The van der Waals surface area contributed by atoms with Crippen molar-refractivity contribution in [3.8, 4) is 28.4 Å². The second-order valence-corrected chi connectivity index (χ2v) is 7.76. The summed E-state index contributed by atoms with van der Waals surface area (Å²) in [4.78, 5) is 29.7. The number of aromatic amines is 1. The van der Waals surface area contributed by atoms with Crippen LogP contribution in [0.1, 0.15) is 41.9 Å². The number of hydrogen-bond acceptors (Lipinski definition) is 8. The van der Waals surface area contributed by atoms with Gasteiger partial charge < -0.3 is 29.0 Å². The Kier molecular flexibility index (Phi) is 11.8. The molecule has 0 radical (unpaired) electrons. The van der Waals surface area contributed by atoms with Crippen molar-refractivity contribution in [1.82, 2.24) is 4.98 Å². The Morgan fingerprint density at radius 1 is 1.03 bits per heavy atom. The number of benzene rings is 2. The molecular formula is C29H34N2O7. The van der Waals surface area contributed by atoms with Crippen molar-refractivity contribution in [2.24, 2.45) is 4.99 Å². The molecule has 0 bridgehead atoms. The van der Waals surface area contributed by atoms with Crippen LogP contribution in [0.15, 0.2) is 70.7 Å². The molecule has 2 aromatic carbocycles. The SMILES string of the molecule is C=C(CC)OC(=NC)c1c(O)c(-c2c(OC)cccc2OC)c(COCC)[nH]c1=O.O=Cc1ccccc1. The molecule has 0 unspecified atom stereocenters. The lowest BCUT2D eigenvalue weighted by molar-refractivity contribution is 0.112. The molecule has 0 aliphatic heterocycles. The largest absolute Gasteiger partial charge is 0.506 e. The van der Waals surface area contributed by atoms with Crippen molar-refractivity contribution < 1.29 is 28.8 Å². The summed E-state index contributed by atoms with van der Waals surface area (Å²) >= 11 is 0. The number of allylic oxidation sites excluding steroid dienone is 1. The van der Waals surface area contributed by atoms with Gasteiger partial charge in [0.05, 0.1) is 43.4 Å². The average molecular weight is 523 g/mol. The van der Waals surface area contributed by atoms with Gasteiger partial charge in [0.25, 0.3) is 5.56 Å². The summed E-state index contributed by atoms with van der Waals surface area (Å²) in [5.41, 5.74) is 1.19. The predicted octanol–water partition coefficient (Wildman–Crippen LogP) is 5.12. The number of aliphatic imine (C=N–C) groups is 1. The summed E-state index contributed by atoms with van der Waals surface area (Å²) in [6.45, 7) is 7.97. The lowest BCUT2D eigenvalue weighted by Gasteiger charge is -2.19. The van der Waals surface area contributed by atoms with Gasteiger partial charge in [0.1, 0.15) is 29.1 Å². The number of carbonyl (C=O) groups is 1. The van der Waals surface area contributed by atoms with Gasteiger partial charge in [0.2, 0.25) is 5.90 Å². The topological polar surface area (TPSA) is 119 Å². The van der Waals surface area contributed by atoms with Gasteiger partial charge >= 0.3 is 0 Å². The molecule has 202 valence electrons. The number of aromatic hydroxyl groups is 1. The fourth-order valence-electron chi connectivity index (χ4n) is 3.46. The Balaban J connectivity index is 0.000000538. The number of H-pyrrole nitrogens is 1. The summed E-state index contributed by atoms with van der Waals surface area (Å²) < 4.78 is 22.1. The van der Waals surface area contributed by atoms with E-state index in [0.29, 0.717) is 47.1 Å². The van der Waals surface area contributed by atoms with Crippen LogP contribution in [0, 0.1) is 0 Å². The van der Waals surface area contributed by atoms with Crippen LogP contribution >= 0.6 is 0 Å². The number of ether oxygens (including phenoxy) is 4. The first kappa shape index (κ1) is 29.9. The molecule has 0 atom stereocenters. The summed E-state index contributed by atoms with van der Waals surface area (Å²) in [5, 5.41) is 11.3. The molecule has 3 aromatic rings. The molecule has 9 heteroatoms. The molecule has 0 saturated heterocycles. The molecule has 0 spiro atoms. The first-order chi connectivity index (χ1) is 18.4. The molecule has 1 aromatic heterocycles. The number of aldehydes is 1. The molecule has 9 nitrogen and oxygen atoms in total. The highest BCUT2D eigenvalue weighted by Gasteiger charge is 2.27. The van der Waals surface area contributed by atoms with E-state index in [1.54, 1.807) is 30.3 Å². The van der Waals surface area contributed by atoms with E-state index >= 15 is 0 Å². The van der Waals surface area contributed by atoms with E-state index in [1.165, 1.54) is 21.3 Å². The van der Waals surface area contributed by atoms with Gasteiger partial charge in [-0.2, -0.15) is 0 Å². The Labute approximate surface area is 222 Å². The molecule has 3 rings (SSSR count). The van der Waals surface area contributed by atoms with Crippen LogP contribution in [-0.2, 0) is 16.1 Å². The normalized spacial score (nSPS) is 10.7. The van der Waals surface area contributed by atoms with Crippen molar-refractivity contribution in [2.45, 2.75) is 26.9 Å². The molecule has 0 saturated carbocycles. The average Bonchev–Trinajstić information content (AvgIpc) is 2.95. The molecule has 0 aliphatic carbocycles. The third kappa shape index (κ3) is 7.33. The predicted molar refractivity (Wildman–Crippen MR) is 147 cm³/mol. The van der Waals surface area contributed by atoms with E-state index in [0.717, 1.165) is 11.8 Å². The lowest BCUT2D eigenvalue weighted by atomic mass is 9.98. The lowest BCUT2D eigenvalue weighted by Crippen LogP contribution is -2.23. The first-order valence-corrected chi connectivity index (χ1v) is 12.0. The van der Waals surface area contributed by atoms with Crippen molar-refractivity contribution in [1.29, 1.82) is 0 Å². The number of nitrogens with zero attached hydrogens (tertiary/aromatic N) is 1. The summed E-state index contributed by atoms with van der Waals surface area (Å²) in [6, 6.07) is 14.3. The number of rotatable bonds is 10. The number of aromatic nitrogens is 1. The van der Waals surface area contributed by atoms with Gasteiger partial charge in [0, 0.05) is 25.6 Å². The summed E-state index contributed by atoms with van der Waals surface area (Å²) in [5.74, 6) is 0.951. The first-order valence-electron chi connectivity index (χ1n) is 12.0. The van der Waals surface area contributed by atoms with Gasteiger partial charge in [-0.05, 0) is 19.1 Å². The molecule has 38 heavy (non-hydrogen) atoms. The molecule has 0 amide bonds. The Morgan fingerprint density at radius 2 is 1.66 bits per heavy atom. The molecule has 0 aliphatic rings. The molecular weight excluding hydrogens is 488 g/mol. The molecule has 0 fully saturated rings. The van der Waals surface area contributed by atoms with Crippen LogP contribution < -0.4 is 15.0 Å². The fraction of sp³-hybridized carbons (Fsp3) is 0.276. The standard InChI is InChI=1S/C22H28N2O6.C7H6O/c1-7-13(3)30-22(23-4)19-20(25)17(14(12-29-8-2)24-21(19)26)18-15(27-5)10-9-11-16(18)28-6;8-6-7-4-2-1-3-5-7/h9-11H,3,7-8,12H2,1-2,4-6H3,(H2,24,25,26);1-6H. The number of hydrogen-bond donors (Lipinski definition) is 2. The van der Waals surface area contributed by atoms with Crippen LogP contribution in [-0.4, -0.2) is 50.1 Å². The highest BCUT2D eigenvalue weighted by Crippen LogP contribution is 2.44. The van der Waals surface area contributed by atoms with Gasteiger partial charge in [-0.1, -0.05) is 49.9 Å². The number of pyridine rings is 1. The van der Waals surface area contributed by atoms with Crippen molar-refractivity contribution in [3.63, 3.8) is 0 Å². The van der Waals surface area contributed by atoms with Crippen LogP contribution in [0.4, 0.5) is 0 Å². The van der Waals surface area contributed by atoms with Crippen molar-refractivity contribution in [3.05, 3.63) is 88.0 Å². The van der Waals surface area contributed by atoms with E-state index in [2.05, 4.69) is 16.6 Å². The summed E-state index contributed by atoms with van der Waals surface area (Å²) in [7, 11) is 4.49. The van der Waals surface area contributed by atoms with E-state index in [-0.39, 0.29) is 23.8 Å². The third-order valence-electron chi connectivity index (χ3n) is 5.38. The van der Waals surface area contributed by atoms with Crippen LogP contribution in [0.2, 0.25) is 0 Å². The van der Waals surface area contributed by atoms with E-state index in [1.807, 2.05) is 32.0 Å². The van der Waals surface area contributed by atoms with Crippen LogP contribution in [0.5, 0.6) is 17.2 Å². The van der Waals surface area contributed by atoms with Gasteiger partial charge in [-0.25, -0.2) is 0 Å². The van der Waals surface area contributed by atoms with Gasteiger partial charge in [0.15, 0.2) is 0 Å². The van der Waals surface area contributed by atoms with Gasteiger partial charge in [-0.15, -0.1) is 0 Å². The highest BCUT2D eigenvalue weighted by molar-refractivity contribution is 6.00. The Morgan fingerprint density at radius 3 is 2.13 bits per heavy atom. The maximum absolute atomic E-state index is 12.9. The highest BCUT2D eigenvalue weighted by atomic mass is 16.5. The number of methoxy groups -OCH3 is 2. The summed E-state index contributed by atoms with van der Waals surface area (Å²) in [6.07, 6.45) is 1.35. The molecule has 2 N–H and O–H groups in total. The van der Waals surface area contributed by atoms with E-state index in [9.17, 15) is 14.7 Å². The maximum atomic E-state index is 12.9. The Bertz CT molecular complexity index is 1290. The quantitative estimate of drug-likeness (QED) is 0.164. The minimum Gasteiger partial charge on any atom is -0.506 e. The minimum absolute atomic E-state index is 0.0429. The van der Waals surface area contributed by atoms with E-state index < -0.39 is 5.56 Å². The van der Waals surface area contributed by atoms with Gasteiger partial charge in [-0.3, -0.25) is 14.6 Å². The number of carbonyl (C=O) groups excluding carboxylic acids is 1.